The van der Waals surface area contributed by atoms with Crippen LogP contribution in [0.1, 0.15) is 48.1 Å². The molecule has 0 unspecified atom stereocenters. The van der Waals surface area contributed by atoms with E-state index in [0.29, 0.717) is 5.76 Å². The first-order chi connectivity index (χ1) is 9.77. The van der Waals surface area contributed by atoms with Crippen LogP contribution in [0.15, 0.2) is 28.8 Å². The molecule has 1 N–H and O–H groups in total. The fourth-order valence-corrected chi connectivity index (χ4v) is 1.91. The van der Waals surface area contributed by atoms with Crippen LogP contribution < -0.4 is 4.74 Å². The van der Waals surface area contributed by atoms with Gasteiger partial charge < -0.3 is 14.4 Å². The number of benzene rings is 1. The molecule has 2 aromatic rings. The highest BCUT2D eigenvalue weighted by atomic mass is 16.5. The summed E-state index contributed by atoms with van der Waals surface area (Å²) in [6.07, 6.45) is 0. The number of ether oxygens (including phenoxy) is 1. The number of carbonyl (C=O) groups is 1. The van der Waals surface area contributed by atoms with E-state index in [1.54, 1.807) is 0 Å². The molecule has 112 valence electrons. The first kappa shape index (κ1) is 15.1. The van der Waals surface area contributed by atoms with Crippen molar-refractivity contribution in [1.82, 2.24) is 5.16 Å². The molecule has 0 fully saturated rings. The number of hydrogen-bond donors (Lipinski definition) is 1. The standard InChI is InChI=1S/C16H19NO4/c1-10-7-11(16(2,3)4)5-6-14(10)20-9-12-8-13(15(18)19)17-21-12/h5-8H,9H2,1-4H3,(H,18,19). The van der Waals surface area contributed by atoms with Gasteiger partial charge in [-0.1, -0.05) is 38.1 Å². The molecule has 1 aromatic heterocycles. The lowest BCUT2D eigenvalue weighted by Crippen LogP contribution is -2.11. The third-order valence-electron chi connectivity index (χ3n) is 3.19. The van der Waals surface area contributed by atoms with Crippen molar-refractivity contribution in [2.24, 2.45) is 0 Å². The molecule has 0 aliphatic heterocycles. The molecule has 21 heavy (non-hydrogen) atoms. The minimum absolute atomic E-state index is 0.0879. The smallest absolute Gasteiger partial charge is 0.358 e. The maximum atomic E-state index is 10.7. The number of rotatable bonds is 4. The van der Waals surface area contributed by atoms with Gasteiger partial charge >= 0.3 is 5.97 Å². The number of carboxylic acids is 1. The van der Waals surface area contributed by atoms with Gasteiger partial charge in [-0.3, -0.25) is 0 Å². The first-order valence-corrected chi connectivity index (χ1v) is 6.70. The zero-order valence-corrected chi connectivity index (χ0v) is 12.6. The lowest BCUT2D eigenvalue weighted by atomic mass is 9.86. The molecule has 2 rings (SSSR count). The van der Waals surface area contributed by atoms with Crippen molar-refractivity contribution in [3.8, 4) is 5.75 Å². The minimum Gasteiger partial charge on any atom is -0.485 e. The van der Waals surface area contributed by atoms with Crippen LogP contribution in [0, 0.1) is 6.92 Å². The van der Waals surface area contributed by atoms with Gasteiger partial charge in [0.1, 0.15) is 12.4 Å². The third-order valence-corrected chi connectivity index (χ3v) is 3.19. The highest BCUT2D eigenvalue weighted by Crippen LogP contribution is 2.28. The Labute approximate surface area is 123 Å². The second-order valence-corrected chi connectivity index (χ2v) is 6.00. The van der Waals surface area contributed by atoms with Gasteiger partial charge in [-0.25, -0.2) is 4.79 Å². The number of aromatic nitrogens is 1. The molecule has 0 spiro atoms. The minimum atomic E-state index is -1.12. The summed E-state index contributed by atoms with van der Waals surface area (Å²) in [5.74, 6) is 0.0127. The second kappa shape index (κ2) is 5.60. The van der Waals surface area contributed by atoms with Crippen LogP contribution >= 0.6 is 0 Å². The topological polar surface area (TPSA) is 72.6 Å². The van der Waals surface area contributed by atoms with Crippen LogP contribution in [0.25, 0.3) is 0 Å². The molecule has 5 nitrogen and oxygen atoms in total. The SMILES string of the molecule is Cc1cc(C(C)(C)C)ccc1OCc1cc(C(=O)O)no1. The maximum Gasteiger partial charge on any atom is 0.358 e. The molecule has 1 aromatic carbocycles. The Balaban J connectivity index is 2.08. The van der Waals surface area contributed by atoms with E-state index in [1.165, 1.54) is 11.6 Å². The fourth-order valence-electron chi connectivity index (χ4n) is 1.91. The van der Waals surface area contributed by atoms with E-state index in [2.05, 4.69) is 32.0 Å². The zero-order chi connectivity index (χ0) is 15.6. The lowest BCUT2D eigenvalue weighted by Gasteiger charge is -2.20. The molecule has 0 amide bonds. The summed E-state index contributed by atoms with van der Waals surface area (Å²) < 4.78 is 10.6. The van der Waals surface area contributed by atoms with Crippen molar-refractivity contribution < 1.29 is 19.2 Å². The maximum absolute atomic E-state index is 10.7. The monoisotopic (exact) mass is 289 g/mol. The summed E-state index contributed by atoms with van der Waals surface area (Å²) in [6, 6.07) is 7.41. The molecule has 5 heteroatoms. The Hall–Kier alpha value is -2.30. The van der Waals surface area contributed by atoms with E-state index >= 15 is 0 Å². The Morgan fingerprint density at radius 2 is 2.05 bits per heavy atom. The van der Waals surface area contributed by atoms with Gasteiger partial charge in [0.15, 0.2) is 11.5 Å². The molecule has 0 aliphatic carbocycles. The Morgan fingerprint density at radius 3 is 2.57 bits per heavy atom. The summed E-state index contributed by atoms with van der Waals surface area (Å²) in [6.45, 7) is 8.60. The van der Waals surface area contributed by atoms with Crippen molar-refractivity contribution in [2.75, 3.05) is 0 Å². The van der Waals surface area contributed by atoms with Gasteiger partial charge in [-0.2, -0.15) is 0 Å². The molecule has 1 heterocycles. The number of aromatic carboxylic acids is 1. The molecule has 0 aliphatic rings. The largest absolute Gasteiger partial charge is 0.485 e. The predicted molar refractivity (Wildman–Crippen MR) is 77.7 cm³/mol. The molecular formula is C16H19NO4. The fraction of sp³-hybridized carbons (Fsp3) is 0.375. The van der Waals surface area contributed by atoms with Crippen LogP contribution in [0.2, 0.25) is 0 Å². The summed E-state index contributed by atoms with van der Waals surface area (Å²) in [5.41, 5.74) is 2.24. The van der Waals surface area contributed by atoms with E-state index in [-0.39, 0.29) is 17.7 Å². The molecule has 0 radical (unpaired) electrons. The summed E-state index contributed by atoms with van der Waals surface area (Å²) in [5, 5.41) is 12.2. The van der Waals surface area contributed by atoms with E-state index in [9.17, 15) is 4.79 Å². The lowest BCUT2D eigenvalue weighted by molar-refractivity contribution is 0.0685. The molecular weight excluding hydrogens is 270 g/mol. The van der Waals surface area contributed by atoms with Crippen LogP contribution in [0.4, 0.5) is 0 Å². The van der Waals surface area contributed by atoms with E-state index in [1.807, 2.05) is 19.1 Å². The average molecular weight is 289 g/mol. The molecule has 0 saturated carbocycles. The van der Waals surface area contributed by atoms with Crippen molar-refractivity contribution >= 4 is 5.97 Å². The van der Waals surface area contributed by atoms with Gasteiger partial charge in [0, 0.05) is 6.07 Å². The quantitative estimate of drug-likeness (QED) is 0.931. The van der Waals surface area contributed by atoms with Crippen LogP contribution in [-0.4, -0.2) is 16.2 Å². The summed E-state index contributed by atoms with van der Waals surface area (Å²) >= 11 is 0. The zero-order valence-electron chi connectivity index (χ0n) is 12.6. The van der Waals surface area contributed by atoms with Crippen molar-refractivity contribution in [1.29, 1.82) is 0 Å². The molecule has 0 atom stereocenters. The van der Waals surface area contributed by atoms with Gasteiger partial charge in [-0.15, -0.1) is 0 Å². The van der Waals surface area contributed by atoms with Gasteiger partial charge in [0.05, 0.1) is 0 Å². The van der Waals surface area contributed by atoms with Gasteiger partial charge in [0.25, 0.3) is 0 Å². The molecule has 0 saturated heterocycles. The average Bonchev–Trinajstić information content (AvgIpc) is 2.85. The van der Waals surface area contributed by atoms with E-state index in [4.69, 9.17) is 14.4 Å². The van der Waals surface area contributed by atoms with Crippen LogP contribution in [0.3, 0.4) is 0 Å². The van der Waals surface area contributed by atoms with Crippen LogP contribution in [0.5, 0.6) is 5.75 Å². The second-order valence-electron chi connectivity index (χ2n) is 6.00. The van der Waals surface area contributed by atoms with E-state index < -0.39 is 5.97 Å². The predicted octanol–water partition coefficient (Wildman–Crippen LogP) is 3.56. The Kier molecular flexibility index (Phi) is 4.02. The summed E-state index contributed by atoms with van der Waals surface area (Å²) in [7, 11) is 0. The Morgan fingerprint density at radius 1 is 1.33 bits per heavy atom. The van der Waals surface area contributed by atoms with Crippen molar-refractivity contribution in [2.45, 2.75) is 39.7 Å². The number of carboxylic acid groups (broad SMARTS) is 1. The van der Waals surface area contributed by atoms with Crippen molar-refractivity contribution in [3.05, 3.63) is 46.8 Å². The number of aryl methyl sites for hydroxylation is 1. The van der Waals surface area contributed by atoms with Gasteiger partial charge in [-0.05, 0) is 29.5 Å². The van der Waals surface area contributed by atoms with E-state index in [0.717, 1.165) is 11.3 Å². The molecule has 0 bridgehead atoms. The number of nitrogens with zero attached hydrogens (tertiary/aromatic N) is 1. The van der Waals surface area contributed by atoms with Crippen molar-refractivity contribution in [3.63, 3.8) is 0 Å². The Bertz CT molecular complexity index is 653. The highest BCUT2D eigenvalue weighted by molar-refractivity contribution is 5.85. The van der Waals surface area contributed by atoms with Gasteiger partial charge in [0.2, 0.25) is 0 Å². The number of hydrogen-bond acceptors (Lipinski definition) is 4. The van der Waals surface area contributed by atoms with Crippen LogP contribution in [-0.2, 0) is 12.0 Å². The normalized spacial score (nSPS) is 11.4. The summed E-state index contributed by atoms with van der Waals surface area (Å²) in [4.78, 5) is 10.7. The highest BCUT2D eigenvalue weighted by Gasteiger charge is 2.15. The third kappa shape index (κ3) is 3.62. The first-order valence-electron chi connectivity index (χ1n) is 6.70.